The van der Waals surface area contributed by atoms with Crippen molar-refractivity contribution in [2.75, 3.05) is 6.61 Å². The first-order valence-corrected chi connectivity index (χ1v) is 5.99. The van der Waals surface area contributed by atoms with E-state index in [2.05, 4.69) is 13.8 Å². The topological polar surface area (TPSA) is 20.2 Å². The van der Waals surface area contributed by atoms with Crippen molar-refractivity contribution in [1.29, 1.82) is 0 Å². The average molecular weight is 245 g/mol. The van der Waals surface area contributed by atoms with Crippen LogP contribution in [0.2, 0.25) is 5.02 Å². The molecule has 1 aromatic rings. The molecule has 3 heteroatoms. The molecule has 0 saturated carbocycles. The first kappa shape index (κ1) is 13.5. The Kier molecular flexibility index (Phi) is 4.75. The third-order valence-corrected chi connectivity index (χ3v) is 3.69. The van der Waals surface area contributed by atoms with Gasteiger partial charge in [0.2, 0.25) is 0 Å². The monoisotopic (exact) mass is 244 g/mol. The van der Waals surface area contributed by atoms with Crippen LogP contribution in [0.5, 0.6) is 0 Å². The van der Waals surface area contributed by atoms with E-state index in [1.807, 2.05) is 0 Å². The second kappa shape index (κ2) is 5.65. The normalized spacial score (nSPS) is 11.8. The average Bonchev–Trinajstić information content (AvgIpc) is 2.31. The molecule has 0 saturated heterocycles. The largest absolute Gasteiger partial charge is 0.396 e. The van der Waals surface area contributed by atoms with Gasteiger partial charge in [0.1, 0.15) is 5.82 Å². The fraction of sp³-hybridized carbons (Fsp3) is 0.538. The lowest BCUT2D eigenvalue weighted by Crippen LogP contribution is -2.26. The molecule has 0 aliphatic heterocycles. The maximum atomic E-state index is 13.0. The maximum absolute atomic E-state index is 13.0. The third-order valence-electron chi connectivity index (χ3n) is 3.40. The Bertz CT molecular complexity index is 340. The Balaban J connectivity index is 2.89. The Labute approximate surface area is 101 Å². The number of rotatable bonds is 5. The van der Waals surface area contributed by atoms with Gasteiger partial charge in [0.15, 0.2) is 0 Å². The first-order valence-electron chi connectivity index (χ1n) is 5.61. The van der Waals surface area contributed by atoms with Crippen molar-refractivity contribution in [2.24, 2.45) is 5.41 Å². The van der Waals surface area contributed by atoms with Crippen molar-refractivity contribution in [1.82, 2.24) is 0 Å². The van der Waals surface area contributed by atoms with Crippen LogP contribution in [-0.2, 0) is 6.42 Å². The van der Waals surface area contributed by atoms with Crippen LogP contribution < -0.4 is 0 Å². The zero-order valence-electron chi connectivity index (χ0n) is 9.76. The van der Waals surface area contributed by atoms with Crippen molar-refractivity contribution in [3.05, 3.63) is 34.6 Å². The molecule has 0 fully saturated rings. The zero-order chi connectivity index (χ0) is 12.2. The van der Waals surface area contributed by atoms with Gasteiger partial charge in [0.05, 0.1) is 5.02 Å². The Morgan fingerprint density at radius 1 is 1.31 bits per heavy atom. The van der Waals surface area contributed by atoms with Crippen LogP contribution in [0.15, 0.2) is 18.2 Å². The van der Waals surface area contributed by atoms with Crippen LogP contribution in [0.1, 0.15) is 32.3 Å². The van der Waals surface area contributed by atoms with E-state index in [1.165, 1.54) is 6.07 Å². The summed E-state index contributed by atoms with van der Waals surface area (Å²) >= 11 is 5.73. The van der Waals surface area contributed by atoms with E-state index in [9.17, 15) is 9.50 Å². The highest BCUT2D eigenvalue weighted by Crippen LogP contribution is 2.31. The molecule has 0 aromatic heterocycles. The fourth-order valence-electron chi connectivity index (χ4n) is 1.86. The van der Waals surface area contributed by atoms with Gasteiger partial charge in [-0.1, -0.05) is 31.5 Å². The highest BCUT2D eigenvalue weighted by molar-refractivity contribution is 6.30. The van der Waals surface area contributed by atoms with Gasteiger partial charge in [-0.15, -0.1) is 0 Å². The van der Waals surface area contributed by atoms with Crippen molar-refractivity contribution in [3.63, 3.8) is 0 Å². The van der Waals surface area contributed by atoms with Crippen molar-refractivity contribution in [3.8, 4) is 0 Å². The number of hydrogen-bond acceptors (Lipinski definition) is 1. The molecular weight excluding hydrogens is 227 g/mol. The Morgan fingerprint density at radius 2 is 1.94 bits per heavy atom. The molecule has 0 aliphatic carbocycles. The minimum Gasteiger partial charge on any atom is -0.396 e. The van der Waals surface area contributed by atoms with E-state index in [0.717, 1.165) is 24.8 Å². The maximum Gasteiger partial charge on any atom is 0.141 e. The molecule has 0 spiro atoms. The molecule has 1 nitrogen and oxygen atoms in total. The molecule has 0 atom stereocenters. The van der Waals surface area contributed by atoms with Crippen LogP contribution in [0.4, 0.5) is 4.39 Å². The van der Waals surface area contributed by atoms with E-state index < -0.39 is 5.82 Å². The van der Waals surface area contributed by atoms with E-state index >= 15 is 0 Å². The second-order valence-corrected chi connectivity index (χ2v) is 4.70. The van der Waals surface area contributed by atoms with Crippen LogP contribution in [0.3, 0.4) is 0 Å². The number of hydrogen-bond donors (Lipinski definition) is 1. The molecule has 1 N–H and O–H groups in total. The van der Waals surface area contributed by atoms with Gasteiger partial charge in [-0.3, -0.25) is 0 Å². The summed E-state index contributed by atoms with van der Waals surface area (Å²) in [7, 11) is 0. The number of aliphatic hydroxyl groups excluding tert-OH is 1. The molecule has 1 rings (SSSR count). The van der Waals surface area contributed by atoms with E-state index in [1.54, 1.807) is 12.1 Å². The minimum absolute atomic E-state index is 0.110. The number of halogens is 2. The number of benzene rings is 1. The zero-order valence-corrected chi connectivity index (χ0v) is 10.5. The summed E-state index contributed by atoms with van der Waals surface area (Å²) in [5, 5.41) is 9.60. The Morgan fingerprint density at radius 3 is 2.38 bits per heavy atom. The van der Waals surface area contributed by atoms with Gasteiger partial charge in [-0.05, 0) is 42.4 Å². The second-order valence-electron chi connectivity index (χ2n) is 4.29. The van der Waals surface area contributed by atoms with Crippen molar-refractivity contribution >= 4 is 11.6 Å². The van der Waals surface area contributed by atoms with E-state index in [0.29, 0.717) is 0 Å². The summed E-state index contributed by atoms with van der Waals surface area (Å²) in [6, 6.07) is 4.76. The van der Waals surface area contributed by atoms with E-state index in [-0.39, 0.29) is 17.0 Å². The molecule has 0 heterocycles. The minimum atomic E-state index is -0.395. The van der Waals surface area contributed by atoms with Crippen molar-refractivity contribution in [2.45, 2.75) is 33.1 Å². The first-order chi connectivity index (χ1) is 7.56. The van der Waals surface area contributed by atoms with Gasteiger partial charge < -0.3 is 5.11 Å². The predicted molar refractivity (Wildman–Crippen MR) is 65.2 cm³/mol. The SMILES string of the molecule is CCC(CC)(CO)Cc1ccc(F)c(Cl)c1. The summed E-state index contributed by atoms with van der Waals surface area (Å²) in [6.07, 6.45) is 2.53. The molecule has 0 amide bonds. The summed E-state index contributed by atoms with van der Waals surface area (Å²) < 4.78 is 13.0. The van der Waals surface area contributed by atoms with Crippen LogP contribution >= 0.6 is 11.6 Å². The summed E-state index contributed by atoms with van der Waals surface area (Å²) in [4.78, 5) is 0. The van der Waals surface area contributed by atoms with Gasteiger partial charge >= 0.3 is 0 Å². The lowest BCUT2D eigenvalue weighted by molar-refractivity contribution is 0.115. The lowest BCUT2D eigenvalue weighted by Gasteiger charge is -2.29. The molecule has 1 aromatic carbocycles. The summed E-state index contributed by atoms with van der Waals surface area (Å²) in [5.74, 6) is -0.395. The molecule has 16 heavy (non-hydrogen) atoms. The Hall–Kier alpha value is -0.600. The standard InChI is InChI=1S/C13H18ClFO/c1-3-13(4-2,9-16)8-10-5-6-12(15)11(14)7-10/h5-7,16H,3-4,8-9H2,1-2H3. The van der Waals surface area contributed by atoms with Gasteiger partial charge in [0, 0.05) is 6.61 Å². The van der Waals surface area contributed by atoms with Crippen LogP contribution in [0.25, 0.3) is 0 Å². The molecule has 90 valence electrons. The molecule has 0 radical (unpaired) electrons. The lowest BCUT2D eigenvalue weighted by atomic mass is 9.78. The molecule has 0 unspecified atom stereocenters. The van der Waals surface area contributed by atoms with Crippen LogP contribution in [0, 0.1) is 11.2 Å². The molecule has 0 bridgehead atoms. The van der Waals surface area contributed by atoms with Gasteiger partial charge in [-0.2, -0.15) is 0 Å². The third kappa shape index (κ3) is 2.96. The fourth-order valence-corrected chi connectivity index (χ4v) is 2.07. The quantitative estimate of drug-likeness (QED) is 0.835. The number of aliphatic hydroxyl groups is 1. The van der Waals surface area contributed by atoms with Gasteiger partial charge in [-0.25, -0.2) is 4.39 Å². The van der Waals surface area contributed by atoms with Crippen molar-refractivity contribution < 1.29 is 9.50 Å². The predicted octanol–water partition coefficient (Wildman–Crippen LogP) is 3.82. The molecular formula is C13H18ClFO. The van der Waals surface area contributed by atoms with Gasteiger partial charge in [0.25, 0.3) is 0 Å². The summed E-state index contributed by atoms with van der Waals surface area (Å²) in [6.45, 7) is 4.27. The van der Waals surface area contributed by atoms with E-state index in [4.69, 9.17) is 11.6 Å². The highest BCUT2D eigenvalue weighted by atomic mass is 35.5. The molecule has 0 aliphatic rings. The smallest absolute Gasteiger partial charge is 0.141 e. The van der Waals surface area contributed by atoms with Crippen LogP contribution in [-0.4, -0.2) is 11.7 Å². The highest BCUT2D eigenvalue weighted by Gasteiger charge is 2.25. The summed E-state index contributed by atoms with van der Waals surface area (Å²) in [5.41, 5.74) is 0.866.